The molecule has 0 amide bonds. The van der Waals surface area contributed by atoms with Crippen molar-refractivity contribution in [3.63, 3.8) is 0 Å². The van der Waals surface area contributed by atoms with Crippen LogP contribution in [0.25, 0.3) is 0 Å². The summed E-state index contributed by atoms with van der Waals surface area (Å²) in [5.41, 5.74) is 0.413. The lowest BCUT2D eigenvalue weighted by Crippen LogP contribution is -2.49. The lowest BCUT2D eigenvalue weighted by Gasteiger charge is -2.31. The summed E-state index contributed by atoms with van der Waals surface area (Å²) < 4.78 is 5.58. The predicted molar refractivity (Wildman–Crippen MR) is 80.9 cm³/mol. The predicted octanol–water partition coefficient (Wildman–Crippen LogP) is 2.26. The summed E-state index contributed by atoms with van der Waals surface area (Å²) in [6.07, 6.45) is -0.495. The van der Waals surface area contributed by atoms with Crippen LogP contribution in [0.5, 0.6) is 5.75 Å². The lowest BCUT2D eigenvalue weighted by atomic mass is 9.99. The van der Waals surface area contributed by atoms with Gasteiger partial charge in [0.1, 0.15) is 5.75 Å². The summed E-state index contributed by atoms with van der Waals surface area (Å²) in [7, 11) is 0. The van der Waals surface area contributed by atoms with E-state index in [4.69, 9.17) is 4.74 Å². The Kier molecular flexibility index (Phi) is 5.99. The number of hydrogen-bond donors (Lipinski definition) is 3. The maximum Gasteiger partial charge on any atom is 0.119 e. The Balaban J connectivity index is 2.69. The maximum atomic E-state index is 10.3. The highest BCUT2D eigenvalue weighted by Gasteiger charge is 2.24. The van der Waals surface area contributed by atoms with E-state index in [0.29, 0.717) is 0 Å². The van der Waals surface area contributed by atoms with Gasteiger partial charge in [-0.15, -0.1) is 0 Å². The Morgan fingerprint density at radius 2 is 1.70 bits per heavy atom. The van der Waals surface area contributed by atoms with Crippen molar-refractivity contribution in [2.45, 2.75) is 58.4 Å². The molecule has 3 N–H and O–H groups in total. The summed E-state index contributed by atoms with van der Waals surface area (Å²) in [6.45, 7) is 9.68. The van der Waals surface area contributed by atoms with Crippen LogP contribution < -0.4 is 10.1 Å². The van der Waals surface area contributed by atoms with Gasteiger partial charge >= 0.3 is 0 Å². The number of aliphatic hydroxyl groups excluding tert-OH is 2. The van der Waals surface area contributed by atoms with Gasteiger partial charge in [0.15, 0.2) is 0 Å². The Hall–Kier alpha value is -1.10. The molecule has 2 atom stereocenters. The molecule has 1 aromatic carbocycles. The van der Waals surface area contributed by atoms with E-state index in [0.717, 1.165) is 11.3 Å². The van der Waals surface area contributed by atoms with Crippen LogP contribution >= 0.6 is 0 Å². The van der Waals surface area contributed by atoms with E-state index in [1.54, 1.807) is 0 Å². The van der Waals surface area contributed by atoms with Crippen molar-refractivity contribution in [3.05, 3.63) is 29.8 Å². The van der Waals surface area contributed by atoms with Gasteiger partial charge in [-0.3, -0.25) is 0 Å². The summed E-state index contributed by atoms with van der Waals surface area (Å²) >= 11 is 0. The van der Waals surface area contributed by atoms with Gasteiger partial charge < -0.3 is 20.3 Å². The zero-order valence-corrected chi connectivity index (χ0v) is 13.1. The normalized spacial score (nSPS) is 15.2. The topological polar surface area (TPSA) is 61.7 Å². The summed E-state index contributed by atoms with van der Waals surface area (Å²) in [5, 5.41) is 22.8. The van der Waals surface area contributed by atoms with Crippen LogP contribution in [-0.4, -0.2) is 34.5 Å². The van der Waals surface area contributed by atoms with E-state index in [-0.39, 0.29) is 18.8 Å². The molecule has 0 aromatic heterocycles. The van der Waals surface area contributed by atoms with Gasteiger partial charge in [0.2, 0.25) is 0 Å². The molecule has 2 unspecified atom stereocenters. The van der Waals surface area contributed by atoms with Crippen molar-refractivity contribution >= 4 is 0 Å². The van der Waals surface area contributed by atoms with Crippen LogP contribution in [0.1, 0.15) is 46.3 Å². The third-order valence-electron chi connectivity index (χ3n) is 3.08. The molecule has 0 heterocycles. The molecule has 0 saturated carbocycles. The zero-order chi connectivity index (χ0) is 15.3. The van der Waals surface area contributed by atoms with Crippen molar-refractivity contribution in [3.8, 4) is 5.75 Å². The monoisotopic (exact) mass is 281 g/mol. The van der Waals surface area contributed by atoms with Crippen LogP contribution in [-0.2, 0) is 0 Å². The Labute approximate surface area is 121 Å². The van der Waals surface area contributed by atoms with Crippen LogP contribution in [0.15, 0.2) is 24.3 Å². The summed E-state index contributed by atoms with van der Waals surface area (Å²) in [5.74, 6) is 0.798. The molecule has 114 valence electrons. The number of benzene rings is 1. The molecule has 0 spiro atoms. The quantitative estimate of drug-likeness (QED) is 0.717. The molecule has 1 aromatic rings. The molecule has 0 fully saturated rings. The van der Waals surface area contributed by atoms with Crippen LogP contribution in [0.2, 0.25) is 0 Å². The molecule has 0 aliphatic rings. The number of hydrogen-bond acceptors (Lipinski definition) is 4. The van der Waals surface area contributed by atoms with Crippen molar-refractivity contribution < 1.29 is 14.9 Å². The fourth-order valence-corrected chi connectivity index (χ4v) is 2.05. The van der Waals surface area contributed by atoms with Crippen molar-refractivity contribution in [2.75, 3.05) is 6.61 Å². The highest BCUT2D eigenvalue weighted by Crippen LogP contribution is 2.22. The Bertz CT molecular complexity index is 401. The van der Waals surface area contributed by atoms with E-state index < -0.39 is 11.6 Å². The smallest absolute Gasteiger partial charge is 0.119 e. The highest BCUT2D eigenvalue weighted by atomic mass is 16.5. The van der Waals surface area contributed by atoms with Crippen molar-refractivity contribution in [1.82, 2.24) is 5.32 Å². The van der Waals surface area contributed by atoms with Gasteiger partial charge in [-0.05, 0) is 52.3 Å². The van der Waals surface area contributed by atoms with Gasteiger partial charge in [-0.1, -0.05) is 12.1 Å². The molecule has 0 radical (unpaired) electrons. The zero-order valence-electron chi connectivity index (χ0n) is 13.1. The second-order valence-corrected chi connectivity index (χ2v) is 6.16. The molecule has 4 heteroatoms. The van der Waals surface area contributed by atoms with Crippen molar-refractivity contribution in [2.24, 2.45) is 0 Å². The Morgan fingerprint density at radius 1 is 1.15 bits per heavy atom. The molecular formula is C16H27NO3. The molecular weight excluding hydrogens is 254 g/mol. The van der Waals surface area contributed by atoms with Gasteiger partial charge in [-0.2, -0.15) is 0 Å². The molecule has 0 saturated heterocycles. The summed E-state index contributed by atoms with van der Waals surface area (Å²) in [4.78, 5) is 0. The average Bonchev–Trinajstić information content (AvgIpc) is 2.37. The summed E-state index contributed by atoms with van der Waals surface area (Å²) in [6, 6.07) is 7.30. The van der Waals surface area contributed by atoms with Crippen LogP contribution in [0.3, 0.4) is 0 Å². The minimum atomic E-state index is -0.631. The maximum absolute atomic E-state index is 10.3. The molecule has 4 nitrogen and oxygen atoms in total. The fraction of sp³-hybridized carbons (Fsp3) is 0.625. The molecule has 0 aliphatic carbocycles. The number of aliphatic hydroxyl groups is 2. The Morgan fingerprint density at radius 3 is 2.15 bits per heavy atom. The standard InChI is InChI=1S/C16H27NO3/c1-11(2)20-14-8-6-13(7-9-14)15(19)12(3)17-16(4,5)10-18/h6-9,11-12,15,17-19H,10H2,1-5H3. The first-order valence-corrected chi connectivity index (χ1v) is 7.08. The van der Waals surface area contributed by atoms with E-state index in [1.807, 2.05) is 58.9 Å². The van der Waals surface area contributed by atoms with Crippen molar-refractivity contribution in [1.29, 1.82) is 0 Å². The minimum Gasteiger partial charge on any atom is -0.491 e. The molecule has 20 heavy (non-hydrogen) atoms. The number of nitrogens with one attached hydrogen (secondary N) is 1. The largest absolute Gasteiger partial charge is 0.491 e. The van der Waals surface area contributed by atoms with E-state index in [2.05, 4.69) is 5.32 Å². The van der Waals surface area contributed by atoms with E-state index in [1.165, 1.54) is 0 Å². The second-order valence-electron chi connectivity index (χ2n) is 6.16. The number of ether oxygens (including phenoxy) is 1. The highest BCUT2D eigenvalue weighted by molar-refractivity contribution is 5.29. The van der Waals surface area contributed by atoms with Gasteiger partial charge in [0.05, 0.1) is 18.8 Å². The SMILES string of the molecule is CC(C)Oc1ccc(C(O)C(C)NC(C)(C)CO)cc1. The van der Waals surface area contributed by atoms with Crippen LogP contribution in [0.4, 0.5) is 0 Å². The first-order chi connectivity index (χ1) is 9.25. The molecule has 0 aliphatic heterocycles. The third kappa shape index (κ3) is 5.12. The van der Waals surface area contributed by atoms with E-state index in [9.17, 15) is 10.2 Å². The first kappa shape index (κ1) is 17.0. The first-order valence-electron chi connectivity index (χ1n) is 7.08. The minimum absolute atomic E-state index is 0.0191. The number of rotatable bonds is 7. The molecule has 0 bridgehead atoms. The third-order valence-corrected chi connectivity index (χ3v) is 3.08. The van der Waals surface area contributed by atoms with Gasteiger partial charge in [0.25, 0.3) is 0 Å². The van der Waals surface area contributed by atoms with Gasteiger partial charge in [0, 0.05) is 11.6 Å². The average molecular weight is 281 g/mol. The molecule has 1 rings (SSSR count). The van der Waals surface area contributed by atoms with E-state index >= 15 is 0 Å². The lowest BCUT2D eigenvalue weighted by molar-refractivity contribution is 0.0990. The fourth-order valence-electron chi connectivity index (χ4n) is 2.05. The second kappa shape index (κ2) is 7.07. The van der Waals surface area contributed by atoms with Crippen LogP contribution in [0, 0.1) is 0 Å². The van der Waals surface area contributed by atoms with Gasteiger partial charge in [-0.25, -0.2) is 0 Å².